The zero-order chi connectivity index (χ0) is 20.3. The second kappa shape index (κ2) is 8.01. The summed E-state index contributed by atoms with van der Waals surface area (Å²) in [6.45, 7) is 3.03. The number of nitrogen functional groups attached to an aromatic ring is 1. The first kappa shape index (κ1) is 19.9. The first-order valence-corrected chi connectivity index (χ1v) is 11.1. The minimum Gasteiger partial charge on any atom is -0.397 e. The number of carbonyl (C=O) groups is 1. The highest BCUT2D eigenvalue weighted by Crippen LogP contribution is 2.51. The Kier molecular flexibility index (Phi) is 5.68. The van der Waals surface area contributed by atoms with Gasteiger partial charge < -0.3 is 15.9 Å². The van der Waals surface area contributed by atoms with Crippen molar-refractivity contribution in [2.24, 2.45) is 0 Å². The van der Waals surface area contributed by atoms with Crippen molar-refractivity contribution in [3.8, 4) is 11.1 Å². The Morgan fingerprint density at radius 2 is 1.64 bits per heavy atom. The number of carbonyl (C=O) groups excluding carboxylic acids is 1. The van der Waals surface area contributed by atoms with Crippen molar-refractivity contribution in [3.05, 3.63) is 83.9 Å². The molecule has 0 bridgehead atoms. The highest BCUT2D eigenvalue weighted by Gasteiger charge is 2.22. The van der Waals surface area contributed by atoms with Gasteiger partial charge in [-0.25, -0.2) is 0 Å². The summed E-state index contributed by atoms with van der Waals surface area (Å²) in [7, 11) is -3.23. The molecule has 2 unspecified atom stereocenters. The molecule has 3 aromatic rings. The van der Waals surface area contributed by atoms with Crippen LogP contribution in [0.5, 0.6) is 0 Å². The van der Waals surface area contributed by atoms with E-state index in [1.54, 1.807) is 37.3 Å². The molecule has 0 aliphatic carbocycles. The molecule has 144 valence electrons. The topological polar surface area (TPSA) is 92.4 Å². The van der Waals surface area contributed by atoms with E-state index in [0.29, 0.717) is 16.9 Å². The monoisotopic (exact) mass is 394 g/mol. The highest BCUT2D eigenvalue weighted by molar-refractivity contribution is 7.57. The van der Waals surface area contributed by atoms with Crippen LogP contribution in [0.15, 0.2) is 72.8 Å². The molecule has 0 saturated carbocycles. The second-order valence-corrected chi connectivity index (χ2v) is 9.52. The average Bonchev–Trinajstić information content (AvgIpc) is 2.69. The number of nitrogens with one attached hydrogen (secondary N) is 1. The van der Waals surface area contributed by atoms with Crippen LogP contribution in [0.25, 0.3) is 11.1 Å². The van der Waals surface area contributed by atoms with E-state index < -0.39 is 13.0 Å². The number of benzene rings is 3. The van der Waals surface area contributed by atoms with Crippen LogP contribution in [-0.4, -0.2) is 17.5 Å². The van der Waals surface area contributed by atoms with Crippen LogP contribution in [0.1, 0.15) is 28.5 Å². The molecule has 0 aromatic heterocycles. The predicted molar refractivity (Wildman–Crippen MR) is 115 cm³/mol. The maximum Gasteiger partial charge on any atom is 0.255 e. The quantitative estimate of drug-likeness (QED) is 0.412. The lowest BCUT2D eigenvalue weighted by molar-refractivity contribution is 0.102. The molecule has 0 aliphatic rings. The normalized spacial score (nSPS) is 14.1. The van der Waals surface area contributed by atoms with Crippen molar-refractivity contribution in [3.63, 3.8) is 0 Å². The summed E-state index contributed by atoms with van der Waals surface area (Å²) >= 11 is 0. The molecule has 5 nitrogen and oxygen atoms in total. The molecule has 3 rings (SSSR count). The van der Waals surface area contributed by atoms with Crippen molar-refractivity contribution in [2.75, 3.05) is 17.7 Å². The Morgan fingerprint density at radius 3 is 2.25 bits per heavy atom. The minimum atomic E-state index is -3.23. The van der Waals surface area contributed by atoms with Crippen molar-refractivity contribution in [1.29, 1.82) is 0 Å². The van der Waals surface area contributed by atoms with Gasteiger partial charge in [-0.05, 0) is 47.9 Å². The third-order valence-corrected chi connectivity index (χ3v) is 6.52. The predicted octanol–water partition coefficient (Wildman–Crippen LogP) is 5.15. The van der Waals surface area contributed by atoms with Crippen molar-refractivity contribution in [2.45, 2.75) is 12.6 Å². The minimum absolute atomic E-state index is 0.292. The van der Waals surface area contributed by atoms with Crippen molar-refractivity contribution >= 4 is 24.7 Å². The van der Waals surface area contributed by atoms with Gasteiger partial charge in [0.25, 0.3) is 5.91 Å². The van der Waals surface area contributed by atoms with E-state index in [4.69, 9.17) is 5.73 Å². The summed E-state index contributed by atoms with van der Waals surface area (Å²) in [6, 6.07) is 22.1. The maximum atomic E-state index is 12.6. The van der Waals surface area contributed by atoms with Crippen LogP contribution in [0.4, 0.5) is 11.4 Å². The third-order valence-electron chi connectivity index (χ3n) is 4.78. The van der Waals surface area contributed by atoms with Gasteiger partial charge >= 0.3 is 0 Å². The molecule has 1 amide bonds. The molecule has 4 N–H and O–H groups in total. The molecule has 3 aromatic carbocycles. The molecule has 2 atom stereocenters. The smallest absolute Gasteiger partial charge is 0.255 e. The number of hydrogen-bond acceptors (Lipinski definition) is 3. The van der Waals surface area contributed by atoms with Crippen LogP contribution in [0.2, 0.25) is 0 Å². The maximum absolute atomic E-state index is 12.6. The Balaban J connectivity index is 1.80. The second-order valence-electron chi connectivity index (χ2n) is 6.86. The van der Waals surface area contributed by atoms with E-state index in [0.717, 1.165) is 16.7 Å². The van der Waals surface area contributed by atoms with E-state index in [-0.39, 0.29) is 5.91 Å². The molecule has 0 radical (unpaired) electrons. The standard InChI is InChI=1S/C22H23N2O3P/c1-15(28(2,26)27)16-8-10-18(11-9-16)22(25)24-21-14-19(12-13-20(21)23)17-6-4-3-5-7-17/h3-15H,23H2,1-2H3,(H,24,25)(H,26,27). The lowest BCUT2D eigenvalue weighted by Crippen LogP contribution is -2.13. The molecule has 0 heterocycles. The first-order valence-electron chi connectivity index (χ1n) is 8.92. The summed E-state index contributed by atoms with van der Waals surface area (Å²) in [5.74, 6) is -0.292. The summed E-state index contributed by atoms with van der Waals surface area (Å²) in [6.07, 6.45) is 0. The van der Waals surface area contributed by atoms with Gasteiger partial charge in [0, 0.05) is 12.2 Å². The van der Waals surface area contributed by atoms with E-state index in [9.17, 15) is 14.3 Å². The van der Waals surface area contributed by atoms with Crippen LogP contribution in [0, 0.1) is 0 Å². The van der Waals surface area contributed by atoms with Crippen molar-refractivity contribution < 1.29 is 14.3 Å². The lowest BCUT2D eigenvalue weighted by Gasteiger charge is -2.16. The van der Waals surface area contributed by atoms with Crippen molar-refractivity contribution in [1.82, 2.24) is 0 Å². The van der Waals surface area contributed by atoms with Gasteiger partial charge in [-0.2, -0.15) is 0 Å². The fourth-order valence-corrected chi connectivity index (χ4v) is 3.58. The Labute approximate surface area is 164 Å². The summed E-state index contributed by atoms with van der Waals surface area (Å²) in [5.41, 5.74) is 9.72. The van der Waals surface area contributed by atoms with Crippen LogP contribution >= 0.6 is 7.37 Å². The van der Waals surface area contributed by atoms with Crippen LogP contribution in [-0.2, 0) is 4.57 Å². The molecular formula is C22H23N2O3P. The van der Waals surface area contributed by atoms with Crippen LogP contribution in [0.3, 0.4) is 0 Å². The highest BCUT2D eigenvalue weighted by atomic mass is 31.2. The SMILES string of the molecule is CC(c1ccc(C(=O)Nc2cc(-c3ccccc3)ccc2N)cc1)P(C)(=O)O. The van der Waals surface area contributed by atoms with E-state index in [1.165, 1.54) is 6.66 Å². The lowest BCUT2D eigenvalue weighted by atomic mass is 10.0. The molecule has 0 aliphatic heterocycles. The zero-order valence-electron chi connectivity index (χ0n) is 15.8. The van der Waals surface area contributed by atoms with Gasteiger partial charge in [0.15, 0.2) is 0 Å². The molecule has 0 saturated heterocycles. The number of nitrogens with two attached hydrogens (primary N) is 1. The number of hydrogen-bond donors (Lipinski definition) is 3. The van der Waals surface area contributed by atoms with Gasteiger partial charge in [-0.1, -0.05) is 48.5 Å². The number of amides is 1. The van der Waals surface area contributed by atoms with E-state index >= 15 is 0 Å². The molecule has 28 heavy (non-hydrogen) atoms. The summed E-state index contributed by atoms with van der Waals surface area (Å²) in [4.78, 5) is 22.3. The first-order chi connectivity index (χ1) is 13.3. The fourth-order valence-electron chi connectivity index (χ4n) is 2.86. The molecule has 0 fully saturated rings. The Hall–Kier alpha value is -2.88. The van der Waals surface area contributed by atoms with E-state index in [1.807, 2.05) is 42.5 Å². The molecular weight excluding hydrogens is 371 g/mol. The van der Waals surface area contributed by atoms with Gasteiger partial charge in [0.1, 0.15) is 0 Å². The van der Waals surface area contributed by atoms with Gasteiger partial charge in [0.05, 0.1) is 17.0 Å². The third kappa shape index (κ3) is 4.50. The summed E-state index contributed by atoms with van der Waals surface area (Å²) < 4.78 is 11.8. The van der Waals surface area contributed by atoms with Gasteiger partial charge in [-0.3, -0.25) is 9.36 Å². The Bertz CT molecular complexity index is 1030. The zero-order valence-corrected chi connectivity index (χ0v) is 16.7. The largest absolute Gasteiger partial charge is 0.397 e. The molecule has 0 spiro atoms. The Morgan fingerprint density at radius 1 is 1.00 bits per heavy atom. The van der Waals surface area contributed by atoms with E-state index in [2.05, 4.69) is 5.32 Å². The van der Waals surface area contributed by atoms with Gasteiger partial charge in [0.2, 0.25) is 7.37 Å². The summed E-state index contributed by atoms with van der Waals surface area (Å²) in [5, 5.41) is 2.85. The van der Waals surface area contributed by atoms with Gasteiger partial charge in [-0.15, -0.1) is 0 Å². The fraction of sp³-hybridized carbons (Fsp3) is 0.136. The van der Waals surface area contributed by atoms with Crippen LogP contribution < -0.4 is 11.1 Å². The molecule has 6 heteroatoms. The number of rotatable bonds is 5. The number of anilines is 2. The average molecular weight is 394 g/mol.